The van der Waals surface area contributed by atoms with Crippen molar-refractivity contribution >= 4 is 17.5 Å². The molecule has 82 valence electrons. The topological polar surface area (TPSA) is 26.3 Å². The molecule has 0 radical (unpaired) electrons. The Labute approximate surface area is 95.0 Å². The summed E-state index contributed by atoms with van der Waals surface area (Å²) in [5.41, 5.74) is 2.16. The van der Waals surface area contributed by atoms with Crippen molar-refractivity contribution in [2.75, 3.05) is 13.4 Å². The van der Waals surface area contributed by atoms with E-state index in [1.165, 1.54) is 10.5 Å². The number of benzene rings is 1. The first kappa shape index (κ1) is 12.1. The fourth-order valence-electron chi connectivity index (χ4n) is 1.52. The van der Waals surface area contributed by atoms with Crippen LogP contribution in [0.5, 0.6) is 5.75 Å². The fraction of sp³-hybridized carbons (Fsp3) is 0.417. The van der Waals surface area contributed by atoms with Crippen LogP contribution in [0.1, 0.15) is 18.1 Å². The standard InChI is InChI=1S/C12H16O2S/c1-8-5-11(14-3)10(6-9(2)13)7-12(8)15-4/h5,7H,6H2,1-4H3. The first-order valence-corrected chi connectivity index (χ1v) is 6.02. The molecule has 0 bridgehead atoms. The molecule has 0 aromatic heterocycles. The summed E-state index contributed by atoms with van der Waals surface area (Å²) in [6.45, 7) is 3.64. The molecule has 1 rings (SSSR count). The molecular weight excluding hydrogens is 208 g/mol. The molecule has 1 aromatic carbocycles. The Bertz CT molecular complexity index is 372. The van der Waals surface area contributed by atoms with Crippen molar-refractivity contribution in [3.63, 3.8) is 0 Å². The highest BCUT2D eigenvalue weighted by atomic mass is 32.2. The molecule has 0 aliphatic carbocycles. The van der Waals surface area contributed by atoms with E-state index < -0.39 is 0 Å². The van der Waals surface area contributed by atoms with Crippen molar-refractivity contribution in [1.82, 2.24) is 0 Å². The predicted molar refractivity (Wildman–Crippen MR) is 63.9 cm³/mol. The molecule has 0 atom stereocenters. The summed E-state index contributed by atoms with van der Waals surface area (Å²) in [7, 11) is 1.64. The van der Waals surface area contributed by atoms with Crippen LogP contribution in [0.4, 0.5) is 0 Å². The lowest BCUT2D eigenvalue weighted by atomic mass is 10.1. The maximum absolute atomic E-state index is 11.1. The largest absolute Gasteiger partial charge is 0.496 e. The minimum Gasteiger partial charge on any atom is -0.496 e. The third kappa shape index (κ3) is 2.99. The van der Waals surface area contributed by atoms with E-state index in [2.05, 4.69) is 0 Å². The molecule has 0 unspecified atom stereocenters. The lowest BCUT2D eigenvalue weighted by Crippen LogP contribution is -2.00. The number of thioether (sulfide) groups is 1. The molecule has 15 heavy (non-hydrogen) atoms. The van der Waals surface area contributed by atoms with Gasteiger partial charge in [0.05, 0.1) is 7.11 Å². The average molecular weight is 224 g/mol. The Morgan fingerprint density at radius 3 is 2.60 bits per heavy atom. The van der Waals surface area contributed by atoms with Crippen LogP contribution >= 0.6 is 11.8 Å². The Kier molecular flexibility index (Phi) is 4.21. The van der Waals surface area contributed by atoms with E-state index in [0.717, 1.165) is 11.3 Å². The maximum atomic E-state index is 11.1. The molecule has 0 fully saturated rings. The summed E-state index contributed by atoms with van der Waals surface area (Å²) in [4.78, 5) is 12.3. The molecule has 0 heterocycles. The quantitative estimate of drug-likeness (QED) is 0.736. The van der Waals surface area contributed by atoms with Crippen LogP contribution in [0.2, 0.25) is 0 Å². The second-order valence-electron chi connectivity index (χ2n) is 3.51. The summed E-state index contributed by atoms with van der Waals surface area (Å²) in [5.74, 6) is 0.963. The number of hydrogen-bond donors (Lipinski definition) is 0. The Balaban J connectivity index is 3.16. The number of hydrogen-bond acceptors (Lipinski definition) is 3. The van der Waals surface area contributed by atoms with Gasteiger partial charge in [0.15, 0.2) is 0 Å². The fourth-order valence-corrected chi connectivity index (χ4v) is 2.16. The molecular formula is C12H16O2S. The van der Waals surface area contributed by atoms with Crippen molar-refractivity contribution in [3.05, 3.63) is 23.3 Å². The number of methoxy groups -OCH3 is 1. The molecule has 0 saturated heterocycles. The number of ether oxygens (including phenoxy) is 1. The Morgan fingerprint density at radius 2 is 2.13 bits per heavy atom. The first-order chi connectivity index (χ1) is 7.08. The maximum Gasteiger partial charge on any atom is 0.134 e. The third-order valence-electron chi connectivity index (χ3n) is 2.24. The zero-order chi connectivity index (χ0) is 11.4. The zero-order valence-electron chi connectivity index (χ0n) is 9.59. The second-order valence-corrected chi connectivity index (χ2v) is 4.36. The van der Waals surface area contributed by atoms with E-state index in [0.29, 0.717) is 6.42 Å². The van der Waals surface area contributed by atoms with Gasteiger partial charge in [0.25, 0.3) is 0 Å². The molecule has 0 amide bonds. The monoisotopic (exact) mass is 224 g/mol. The molecule has 2 nitrogen and oxygen atoms in total. The highest BCUT2D eigenvalue weighted by Crippen LogP contribution is 2.29. The smallest absolute Gasteiger partial charge is 0.134 e. The van der Waals surface area contributed by atoms with Crippen molar-refractivity contribution in [1.29, 1.82) is 0 Å². The van der Waals surface area contributed by atoms with E-state index in [-0.39, 0.29) is 5.78 Å². The summed E-state index contributed by atoms with van der Waals surface area (Å²) < 4.78 is 5.27. The van der Waals surface area contributed by atoms with Crippen LogP contribution in [-0.4, -0.2) is 19.1 Å². The normalized spacial score (nSPS) is 10.1. The number of carbonyl (C=O) groups is 1. The molecule has 0 aliphatic heterocycles. The minimum atomic E-state index is 0.157. The number of aryl methyl sites for hydroxylation is 1. The van der Waals surface area contributed by atoms with Crippen LogP contribution in [-0.2, 0) is 11.2 Å². The number of Topliss-reactive ketones (excluding diaryl/α,β-unsaturated/α-hetero) is 1. The lowest BCUT2D eigenvalue weighted by molar-refractivity contribution is -0.116. The van der Waals surface area contributed by atoms with Gasteiger partial charge in [-0.3, -0.25) is 4.79 Å². The Hall–Kier alpha value is -0.960. The first-order valence-electron chi connectivity index (χ1n) is 4.79. The number of carbonyl (C=O) groups excluding carboxylic acids is 1. The van der Waals surface area contributed by atoms with Crippen LogP contribution in [0.25, 0.3) is 0 Å². The van der Waals surface area contributed by atoms with Gasteiger partial charge in [-0.2, -0.15) is 0 Å². The van der Waals surface area contributed by atoms with Gasteiger partial charge >= 0.3 is 0 Å². The molecule has 0 saturated carbocycles. The van der Waals surface area contributed by atoms with Gasteiger partial charge < -0.3 is 4.74 Å². The summed E-state index contributed by atoms with van der Waals surface area (Å²) in [6.07, 6.45) is 2.48. The van der Waals surface area contributed by atoms with Crippen LogP contribution in [0.15, 0.2) is 17.0 Å². The van der Waals surface area contributed by atoms with Gasteiger partial charge in [-0.25, -0.2) is 0 Å². The van der Waals surface area contributed by atoms with Gasteiger partial charge in [0.1, 0.15) is 11.5 Å². The van der Waals surface area contributed by atoms with Gasteiger partial charge in [-0.1, -0.05) is 0 Å². The van der Waals surface area contributed by atoms with Crippen LogP contribution in [0.3, 0.4) is 0 Å². The summed E-state index contributed by atoms with van der Waals surface area (Å²) in [6, 6.07) is 4.03. The Morgan fingerprint density at radius 1 is 1.47 bits per heavy atom. The summed E-state index contributed by atoms with van der Waals surface area (Å²) >= 11 is 1.69. The molecule has 3 heteroatoms. The van der Waals surface area contributed by atoms with Gasteiger partial charge in [-0.05, 0) is 37.8 Å². The lowest BCUT2D eigenvalue weighted by Gasteiger charge is -2.11. The molecule has 0 spiro atoms. The zero-order valence-corrected chi connectivity index (χ0v) is 10.4. The van der Waals surface area contributed by atoms with Gasteiger partial charge in [0.2, 0.25) is 0 Å². The van der Waals surface area contributed by atoms with Gasteiger partial charge in [-0.15, -0.1) is 11.8 Å². The molecule has 0 N–H and O–H groups in total. The van der Waals surface area contributed by atoms with E-state index in [1.54, 1.807) is 25.8 Å². The van der Waals surface area contributed by atoms with Crippen molar-refractivity contribution in [3.8, 4) is 5.75 Å². The van der Waals surface area contributed by atoms with E-state index in [9.17, 15) is 4.79 Å². The highest BCUT2D eigenvalue weighted by Gasteiger charge is 2.09. The van der Waals surface area contributed by atoms with E-state index in [4.69, 9.17) is 4.74 Å². The average Bonchev–Trinajstić information content (AvgIpc) is 2.19. The number of ketones is 1. The van der Waals surface area contributed by atoms with Crippen LogP contribution in [0, 0.1) is 6.92 Å². The van der Waals surface area contributed by atoms with Gasteiger partial charge in [0, 0.05) is 16.9 Å². The SMILES string of the molecule is COc1cc(C)c(SC)cc1CC(C)=O. The second kappa shape index (κ2) is 5.21. The van der Waals surface area contributed by atoms with Crippen molar-refractivity contribution in [2.24, 2.45) is 0 Å². The minimum absolute atomic E-state index is 0.157. The van der Waals surface area contributed by atoms with E-state index >= 15 is 0 Å². The van der Waals surface area contributed by atoms with E-state index in [1.807, 2.05) is 25.3 Å². The molecule has 1 aromatic rings. The highest BCUT2D eigenvalue weighted by molar-refractivity contribution is 7.98. The van der Waals surface area contributed by atoms with Crippen LogP contribution < -0.4 is 4.74 Å². The number of rotatable bonds is 4. The summed E-state index contributed by atoms with van der Waals surface area (Å²) in [5, 5.41) is 0. The third-order valence-corrected chi connectivity index (χ3v) is 3.12. The van der Waals surface area contributed by atoms with Crippen molar-refractivity contribution < 1.29 is 9.53 Å². The van der Waals surface area contributed by atoms with Crippen molar-refractivity contribution in [2.45, 2.75) is 25.2 Å². The molecule has 0 aliphatic rings. The predicted octanol–water partition coefficient (Wildman–Crippen LogP) is 2.86.